The lowest BCUT2D eigenvalue weighted by molar-refractivity contribution is 0.0479. The van der Waals surface area contributed by atoms with Crippen molar-refractivity contribution in [2.75, 3.05) is 45.7 Å². The van der Waals surface area contributed by atoms with Gasteiger partial charge in [0.25, 0.3) is 5.92 Å². The van der Waals surface area contributed by atoms with Gasteiger partial charge in [-0.3, -0.25) is 4.98 Å². The molecule has 1 heterocycles. The van der Waals surface area contributed by atoms with Gasteiger partial charge < -0.3 is 15.0 Å². The largest absolute Gasteiger partial charge is 0.383 e. The van der Waals surface area contributed by atoms with Crippen LogP contribution in [0.4, 0.5) is 14.5 Å². The highest BCUT2D eigenvalue weighted by Crippen LogP contribution is 2.60. The highest BCUT2D eigenvalue weighted by molar-refractivity contribution is 7.89. The van der Waals surface area contributed by atoms with E-state index in [1.165, 1.54) is 25.4 Å². The van der Waals surface area contributed by atoms with E-state index in [1.54, 1.807) is 0 Å². The zero-order chi connectivity index (χ0) is 20.3. The van der Waals surface area contributed by atoms with Crippen LogP contribution >= 0.6 is 0 Å². The van der Waals surface area contributed by atoms with E-state index in [0.717, 1.165) is 0 Å². The zero-order valence-corrected chi connectivity index (χ0v) is 16.9. The fraction of sp³-hybridized carbons (Fsp3) is 0.706. The summed E-state index contributed by atoms with van der Waals surface area (Å²) in [6, 6.07) is 1.47. The Bertz CT molecular complexity index is 745. The molecule has 1 saturated carbocycles. The summed E-state index contributed by atoms with van der Waals surface area (Å²) in [5, 5.41) is 2.84. The van der Waals surface area contributed by atoms with Gasteiger partial charge in [0.15, 0.2) is 0 Å². The molecular formula is C17H28F2N4O3S. The van der Waals surface area contributed by atoms with Crippen molar-refractivity contribution in [3.8, 4) is 0 Å². The molecule has 10 heteroatoms. The van der Waals surface area contributed by atoms with Crippen molar-refractivity contribution in [1.82, 2.24) is 14.6 Å². The molecule has 1 fully saturated rings. The Hall–Kier alpha value is -1.36. The van der Waals surface area contributed by atoms with Crippen molar-refractivity contribution in [1.29, 1.82) is 0 Å². The summed E-state index contributed by atoms with van der Waals surface area (Å²) in [5.74, 6) is -2.72. The fourth-order valence-corrected chi connectivity index (χ4v) is 3.96. The number of halogens is 2. The molecule has 2 unspecified atom stereocenters. The van der Waals surface area contributed by atoms with Gasteiger partial charge in [-0.1, -0.05) is 6.92 Å². The Morgan fingerprint density at radius 3 is 2.63 bits per heavy atom. The number of hydrogen-bond acceptors (Lipinski definition) is 6. The lowest BCUT2D eigenvalue weighted by Gasteiger charge is -2.22. The summed E-state index contributed by atoms with van der Waals surface area (Å²) in [6.07, 6.45) is 2.11. The second kappa shape index (κ2) is 8.34. The van der Waals surface area contributed by atoms with Crippen LogP contribution in [-0.4, -0.2) is 70.7 Å². The van der Waals surface area contributed by atoms with Gasteiger partial charge in [-0.2, -0.15) is 0 Å². The SMILES string of the molecule is CCOC(CNS(=O)(=O)c1cnccc1NCC1(C)CC1(F)F)CN(C)C. The third-order valence-corrected chi connectivity index (χ3v) is 6.04. The summed E-state index contributed by atoms with van der Waals surface area (Å²) in [6.45, 7) is 4.41. The maximum atomic E-state index is 13.4. The average molecular weight is 406 g/mol. The Balaban J connectivity index is 2.07. The minimum absolute atomic E-state index is 0.0191. The van der Waals surface area contributed by atoms with Crippen LogP contribution in [0.25, 0.3) is 0 Å². The monoisotopic (exact) mass is 406 g/mol. The first-order chi connectivity index (χ1) is 12.5. The molecule has 0 aliphatic heterocycles. The number of pyridine rings is 1. The topological polar surface area (TPSA) is 83.6 Å². The molecule has 0 spiro atoms. The van der Waals surface area contributed by atoms with Gasteiger partial charge in [0.05, 0.1) is 17.2 Å². The number of nitrogens with zero attached hydrogens (tertiary/aromatic N) is 2. The van der Waals surface area contributed by atoms with E-state index in [-0.39, 0.29) is 36.2 Å². The number of aromatic nitrogens is 1. The van der Waals surface area contributed by atoms with Crippen LogP contribution < -0.4 is 10.0 Å². The second-order valence-electron chi connectivity index (χ2n) is 7.36. The van der Waals surface area contributed by atoms with E-state index in [9.17, 15) is 17.2 Å². The molecule has 0 bridgehead atoms. The Morgan fingerprint density at radius 2 is 2.07 bits per heavy atom. The van der Waals surface area contributed by atoms with E-state index in [0.29, 0.717) is 13.2 Å². The van der Waals surface area contributed by atoms with E-state index in [2.05, 4.69) is 15.0 Å². The van der Waals surface area contributed by atoms with E-state index in [4.69, 9.17) is 4.74 Å². The summed E-state index contributed by atoms with van der Waals surface area (Å²) in [7, 11) is -0.131. The van der Waals surface area contributed by atoms with E-state index >= 15 is 0 Å². The first kappa shape index (κ1) is 21.9. The van der Waals surface area contributed by atoms with Crippen molar-refractivity contribution in [3.05, 3.63) is 18.5 Å². The second-order valence-corrected chi connectivity index (χ2v) is 9.09. The standard InChI is InChI=1S/C17H28F2N4O3S/c1-5-26-13(10-23(3)4)8-22-27(24,25)15-9-20-7-6-14(15)21-12-16(2)11-17(16,18)19/h6-7,9,13,22H,5,8,10-12H2,1-4H3,(H,20,21). The van der Waals surface area contributed by atoms with Gasteiger partial charge in [-0.05, 0) is 27.1 Å². The predicted molar refractivity (Wildman–Crippen MR) is 99.6 cm³/mol. The van der Waals surface area contributed by atoms with Gasteiger partial charge in [0, 0.05) is 45.1 Å². The molecule has 2 N–H and O–H groups in total. The number of rotatable bonds is 11. The molecular weight excluding hydrogens is 378 g/mol. The lowest BCUT2D eigenvalue weighted by Crippen LogP contribution is -2.39. The molecule has 1 aliphatic carbocycles. The zero-order valence-electron chi connectivity index (χ0n) is 16.1. The molecule has 7 nitrogen and oxygen atoms in total. The van der Waals surface area contributed by atoms with Crippen LogP contribution in [0.5, 0.6) is 0 Å². The molecule has 0 saturated heterocycles. The quantitative estimate of drug-likeness (QED) is 0.583. The number of sulfonamides is 1. The molecule has 2 rings (SSSR count). The molecule has 27 heavy (non-hydrogen) atoms. The van der Waals surface area contributed by atoms with Crippen LogP contribution in [-0.2, 0) is 14.8 Å². The molecule has 1 aromatic rings. The van der Waals surface area contributed by atoms with Crippen LogP contribution in [0.3, 0.4) is 0 Å². The smallest absolute Gasteiger partial charge is 0.256 e. The summed E-state index contributed by atoms with van der Waals surface area (Å²) in [5.41, 5.74) is -0.904. The first-order valence-corrected chi connectivity index (χ1v) is 10.3. The summed E-state index contributed by atoms with van der Waals surface area (Å²) in [4.78, 5) is 5.70. The minimum atomic E-state index is -3.88. The number of hydrogen-bond donors (Lipinski definition) is 2. The highest BCUT2D eigenvalue weighted by Gasteiger charge is 2.67. The van der Waals surface area contributed by atoms with Gasteiger partial charge >= 0.3 is 0 Å². The fourth-order valence-electron chi connectivity index (χ4n) is 2.77. The third-order valence-electron chi connectivity index (χ3n) is 4.59. The number of alkyl halides is 2. The van der Waals surface area contributed by atoms with Crippen molar-refractivity contribution < 1.29 is 21.9 Å². The normalized spacial score (nSPS) is 22.6. The van der Waals surface area contributed by atoms with E-state index < -0.39 is 21.4 Å². The summed E-state index contributed by atoms with van der Waals surface area (Å²) < 4.78 is 60.3. The molecule has 0 amide bonds. The number of ether oxygens (including phenoxy) is 1. The van der Waals surface area contributed by atoms with Gasteiger partial charge in [0.2, 0.25) is 10.0 Å². The van der Waals surface area contributed by atoms with Crippen LogP contribution in [0.15, 0.2) is 23.4 Å². The molecule has 1 aromatic heterocycles. The first-order valence-electron chi connectivity index (χ1n) is 8.82. The molecule has 0 aromatic carbocycles. The maximum absolute atomic E-state index is 13.4. The lowest BCUT2D eigenvalue weighted by atomic mass is 10.1. The van der Waals surface area contributed by atoms with Crippen molar-refractivity contribution in [2.45, 2.75) is 37.2 Å². The highest BCUT2D eigenvalue weighted by atomic mass is 32.2. The number of nitrogens with one attached hydrogen (secondary N) is 2. The molecule has 2 atom stereocenters. The Labute approximate surface area is 159 Å². The van der Waals surface area contributed by atoms with Gasteiger partial charge in [-0.15, -0.1) is 0 Å². The van der Waals surface area contributed by atoms with Crippen molar-refractivity contribution in [2.24, 2.45) is 5.41 Å². The van der Waals surface area contributed by atoms with Crippen LogP contribution in [0, 0.1) is 5.41 Å². The number of likely N-dealkylation sites (N-methyl/N-ethyl adjacent to an activating group) is 1. The van der Waals surface area contributed by atoms with Crippen molar-refractivity contribution in [3.63, 3.8) is 0 Å². The van der Waals surface area contributed by atoms with Crippen LogP contribution in [0.1, 0.15) is 20.3 Å². The molecule has 1 aliphatic rings. The average Bonchev–Trinajstić information content (AvgIpc) is 3.09. The van der Waals surface area contributed by atoms with E-state index in [1.807, 2.05) is 25.9 Å². The van der Waals surface area contributed by atoms with Gasteiger partial charge in [-0.25, -0.2) is 21.9 Å². The third kappa shape index (κ3) is 5.56. The summed E-state index contributed by atoms with van der Waals surface area (Å²) >= 11 is 0. The molecule has 154 valence electrons. The molecule has 0 radical (unpaired) electrons. The van der Waals surface area contributed by atoms with Crippen LogP contribution in [0.2, 0.25) is 0 Å². The van der Waals surface area contributed by atoms with Gasteiger partial charge in [0.1, 0.15) is 4.90 Å². The maximum Gasteiger partial charge on any atom is 0.256 e. The number of anilines is 1. The van der Waals surface area contributed by atoms with Crippen molar-refractivity contribution >= 4 is 15.7 Å². The minimum Gasteiger partial charge on any atom is -0.383 e. The Kier molecular flexibility index (Phi) is 6.77. The Morgan fingerprint density at radius 1 is 1.41 bits per heavy atom. The predicted octanol–water partition coefficient (Wildman–Crippen LogP) is 1.78.